The van der Waals surface area contributed by atoms with Gasteiger partial charge in [-0.2, -0.15) is 0 Å². The molecular formula is C31H38N2O6S. The predicted molar refractivity (Wildman–Crippen MR) is 154 cm³/mol. The summed E-state index contributed by atoms with van der Waals surface area (Å²) in [5.41, 5.74) is 1.03. The molecule has 0 saturated heterocycles. The first-order valence-corrected chi connectivity index (χ1v) is 15.6. The molecule has 5 rings (SSSR count). The van der Waals surface area contributed by atoms with Crippen LogP contribution in [0, 0.1) is 11.8 Å². The predicted octanol–water partition coefficient (Wildman–Crippen LogP) is 5.89. The molecule has 2 fully saturated rings. The highest BCUT2D eigenvalue weighted by atomic mass is 32.2. The van der Waals surface area contributed by atoms with Crippen LogP contribution < -0.4 is 10.0 Å². The van der Waals surface area contributed by atoms with Gasteiger partial charge in [0.15, 0.2) is 5.76 Å². The minimum atomic E-state index is -3.79. The maximum absolute atomic E-state index is 13.3. The number of carboxylic acid groups (broad SMARTS) is 1. The number of benzene rings is 2. The fourth-order valence-corrected chi connectivity index (χ4v) is 7.61. The smallest absolute Gasteiger partial charge is 0.306 e. The molecule has 1 amide bonds. The number of furan rings is 1. The Labute approximate surface area is 235 Å². The molecule has 0 unspecified atom stereocenters. The van der Waals surface area contributed by atoms with Gasteiger partial charge in [0.05, 0.1) is 10.8 Å². The van der Waals surface area contributed by atoms with Crippen molar-refractivity contribution in [1.82, 2.24) is 10.0 Å². The van der Waals surface area contributed by atoms with E-state index in [1.165, 1.54) is 19.3 Å². The largest absolute Gasteiger partial charge is 0.481 e. The average molecular weight is 567 g/mol. The van der Waals surface area contributed by atoms with Gasteiger partial charge < -0.3 is 14.8 Å². The van der Waals surface area contributed by atoms with Gasteiger partial charge >= 0.3 is 5.97 Å². The highest BCUT2D eigenvalue weighted by Gasteiger charge is 2.36. The lowest BCUT2D eigenvalue weighted by molar-refractivity contribution is -0.145. The van der Waals surface area contributed by atoms with Crippen LogP contribution in [-0.2, 0) is 21.2 Å². The molecule has 214 valence electrons. The lowest BCUT2D eigenvalue weighted by atomic mass is 9.80. The second kappa shape index (κ2) is 11.0. The number of sulfonamides is 1. The Morgan fingerprint density at radius 1 is 1.00 bits per heavy atom. The van der Waals surface area contributed by atoms with Crippen molar-refractivity contribution in [3.63, 3.8) is 0 Å². The fourth-order valence-electron chi connectivity index (χ4n) is 5.98. The van der Waals surface area contributed by atoms with Crippen LogP contribution >= 0.6 is 0 Å². The van der Waals surface area contributed by atoms with Crippen molar-refractivity contribution in [2.45, 2.75) is 88.6 Å². The Balaban J connectivity index is 1.53. The van der Waals surface area contributed by atoms with E-state index in [4.69, 9.17) is 9.52 Å². The highest BCUT2D eigenvalue weighted by Crippen LogP contribution is 2.39. The third-order valence-corrected chi connectivity index (χ3v) is 9.76. The van der Waals surface area contributed by atoms with E-state index >= 15 is 0 Å². The Kier molecular flexibility index (Phi) is 7.81. The first kappa shape index (κ1) is 28.4. The molecule has 1 aromatic heterocycles. The first-order chi connectivity index (χ1) is 18.9. The molecular weight excluding hydrogens is 528 g/mol. The minimum absolute atomic E-state index is 0.190. The number of fused-ring (bicyclic) bond motifs is 1. The van der Waals surface area contributed by atoms with E-state index in [0.29, 0.717) is 29.9 Å². The number of nitrogens with one attached hydrogen (secondary N) is 2. The molecule has 0 bridgehead atoms. The van der Waals surface area contributed by atoms with E-state index in [9.17, 15) is 18.0 Å². The summed E-state index contributed by atoms with van der Waals surface area (Å²) in [5, 5.41) is 13.4. The van der Waals surface area contributed by atoms with E-state index in [1.807, 2.05) is 24.3 Å². The number of hydrogen-bond acceptors (Lipinski definition) is 5. The van der Waals surface area contributed by atoms with Gasteiger partial charge in [0.1, 0.15) is 5.76 Å². The van der Waals surface area contributed by atoms with Gasteiger partial charge in [0.25, 0.3) is 5.91 Å². The Bertz CT molecular complexity index is 1520. The Morgan fingerprint density at radius 3 is 2.33 bits per heavy atom. The van der Waals surface area contributed by atoms with Gasteiger partial charge in [-0.3, -0.25) is 9.59 Å². The average Bonchev–Trinajstić information content (AvgIpc) is 3.27. The third-order valence-electron chi connectivity index (χ3n) is 7.95. The molecule has 2 saturated carbocycles. The number of carbonyl (C=O) groups is 2. The number of rotatable bonds is 8. The number of amides is 1. The molecule has 2 aliphatic carbocycles. The van der Waals surface area contributed by atoms with Crippen molar-refractivity contribution >= 4 is 32.7 Å². The zero-order valence-electron chi connectivity index (χ0n) is 23.3. The van der Waals surface area contributed by atoms with E-state index in [1.54, 1.807) is 39.0 Å². The summed E-state index contributed by atoms with van der Waals surface area (Å²) >= 11 is 0. The molecule has 0 aliphatic heterocycles. The maximum Gasteiger partial charge on any atom is 0.306 e. The molecule has 0 radical (unpaired) electrons. The van der Waals surface area contributed by atoms with Crippen LogP contribution in [0.2, 0.25) is 0 Å². The van der Waals surface area contributed by atoms with Crippen LogP contribution in [0.3, 0.4) is 0 Å². The monoisotopic (exact) mass is 566 g/mol. The van der Waals surface area contributed by atoms with E-state index in [-0.39, 0.29) is 22.6 Å². The maximum atomic E-state index is 13.3. The topological polar surface area (TPSA) is 126 Å². The lowest BCUT2D eigenvalue weighted by Gasteiger charge is -2.32. The third kappa shape index (κ3) is 6.10. The summed E-state index contributed by atoms with van der Waals surface area (Å²) in [5.74, 6) is -0.357. The molecule has 2 aliphatic rings. The Morgan fingerprint density at radius 2 is 1.68 bits per heavy atom. The lowest BCUT2D eigenvalue weighted by Crippen LogP contribution is -2.46. The van der Waals surface area contributed by atoms with Crippen molar-refractivity contribution < 1.29 is 27.5 Å². The van der Waals surface area contributed by atoms with E-state index in [0.717, 1.165) is 35.8 Å². The summed E-state index contributed by atoms with van der Waals surface area (Å²) in [6.45, 7) is 5.42. The van der Waals surface area contributed by atoms with Crippen molar-refractivity contribution in [2.75, 3.05) is 0 Å². The standard InChI is InChI=1S/C31H38N2O6S/c1-31(2,3)33-40(37,38)27-14-13-25(23-11-7-8-12-24(23)27)28-20(15-19-9-5-4-6-10-19)18-26(39-28)29(34)32-22-16-21(17-22)30(35)36/h7-8,11-14,18-19,21-22,33H,4-6,9-10,15-17H2,1-3H3,(H,32,34)(H,35,36)/t21-,22-. The first-order valence-electron chi connectivity index (χ1n) is 14.1. The molecule has 0 atom stereocenters. The van der Waals surface area contributed by atoms with Gasteiger partial charge in [-0.05, 0) is 75.1 Å². The SMILES string of the molecule is CC(C)(C)NS(=O)(=O)c1ccc(-c2oc(C(=O)N[C@H]3C[C@H](C(=O)O)C3)cc2CC2CCCCC2)c2ccccc12. The quantitative estimate of drug-likeness (QED) is 0.312. The zero-order valence-corrected chi connectivity index (χ0v) is 24.1. The minimum Gasteiger partial charge on any atom is -0.481 e. The summed E-state index contributed by atoms with van der Waals surface area (Å²) in [6.07, 6.45) is 7.46. The van der Waals surface area contributed by atoms with Crippen molar-refractivity contribution in [2.24, 2.45) is 11.8 Å². The Hall–Kier alpha value is -3.17. The van der Waals surface area contributed by atoms with Gasteiger partial charge in [-0.25, -0.2) is 13.1 Å². The molecule has 40 heavy (non-hydrogen) atoms. The second-order valence-corrected chi connectivity index (χ2v) is 14.0. The van der Waals surface area contributed by atoms with E-state index in [2.05, 4.69) is 10.0 Å². The zero-order chi connectivity index (χ0) is 28.7. The fraction of sp³-hybridized carbons (Fsp3) is 0.484. The van der Waals surface area contributed by atoms with Crippen molar-refractivity contribution in [3.05, 3.63) is 53.8 Å². The van der Waals surface area contributed by atoms with E-state index < -0.39 is 27.4 Å². The van der Waals surface area contributed by atoms with Gasteiger partial charge in [0.2, 0.25) is 10.0 Å². The van der Waals surface area contributed by atoms with Gasteiger partial charge in [-0.1, -0.05) is 56.4 Å². The molecule has 3 N–H and O–H groups in total. The molecule has 8 nitrogen and oxygen atoms in total. The van der Waals surface area contributed by atoms with Crippen molar-refractivity contribution in [3.8, 4) is 11.3 Å². The van der Waals surface area contributed by atoms with Gasteiger partial charge in [-0.15, -0.1) is 0 Å². The van der Waals surface area contributed by atoms with Crippen LogP contribution in [-0.4, -0.2) is 37.0 Å². The summed E-state index contributed by atoms with van der Waals surface area (Å²) in [6, 6.07) is 12.4. The molecule has 3 aromatic rings. The number of hydrogen-bond donors (Lipinski definition) is 3. The number of aliphatic carboxylic acids is 1. The summed E-state index contributed by atoms with van der Waals surface area (Å²) in [7, 11) is -3.79. The normalized spacial score (nSPS) is 20.3. The van der Waals surface area contributed by atoms with Crippen LogP contribution in [0.25, 0.3) is 22.1 Å². The highest BCUT2D eigenvalue weighted by molar-refractivity contribution is 7.89. The second-order valence-electron chi connectivity index (χ2n) is 12.4. The van der Waals surface area contributed by atoms with Crippen molar-refractivity contribution in [1.29, 1.82) is 0 Å². The molecule has 1 heterocycles. The van der Waals surface area contributed by atoms with Crippen LogP contribution in [0.1, 0.15) is 81.8 Å². The molecule has 0 spiro atoms. The van der Waals surface area contributed by atoms with Crippen LogP contribution in [0.15, 0.2) is 51.8 Å². The number of carboxylic acids is 1. The van der Waals surface area contributed by atoms with Gasteiger partial charge in [0, 0.05) is 22.5 Å². The summed E-state index contributed by atoms with van der Waals surface area (Å²) in [4.78, 5) is 24.5. The number of carbonyl (C=O) groups excluding carboxylic acids is 1. The van der Waals surface area contributed by atoms with Crippen LogP contribution in [0.4, 0.5) is 0 Å². The van der Waals surface area contributed by atoms with Crippen LogP contribution in [0.5, 0.6) is 0 Å². The molecule has 9 heteroatoms. The summed E-state index contributed by atoms with van der Waals surface area (Å²) < 4.78 is 35.6. The molecule has 2 aromatic carbocycles.